The van der Waals surface area contributed by atoms with Crippen LogP contribution >= 0.6 is 11.3 Å². The summed E-state index contributed by atoms with van der Waals surface area (Å²) in [6.45, 7) is 2.66. The molecule has 7 heteroatoms. The summed E-state index contributed by atoms with van der Waals surface area (Å²) in [5.74, 6) is 0.649. The zero-order valence-corrected chi connectivity index (χ0v) is 18.6. The number of sulfonamides is 1. The molecule has 158 valence electrons. The molecule has 0 aliphatic carbocycles. The molecule has 0 N–H and O–H groups in total. The van der Waals surface area contributed by atoms with Gasteiger partial charge in [0.2, 0.25) is 0 Å². The number of rotatable bonds is 7. The van der Waals surface area contributed by atoms with E-state index in [1.165, 1.54) is 4.88 Å². The molecule has 1 aromatic heterocycles. The number of likely N-dealkylation sites (tertiary alicyclic amines) is 1. The van der Waals surface area contributed by atoms with Gasteiger partial charge in [0.25, 0.3) is 10.0 Å². The third-order valence-corrected chi connectivity index (χ3v) is 8.21. The molecule has 0 spiro atoms. The van der Waals surface area contributed by atoms with Gasteiger partial charge in [-0.15, -0.1) is 11.3 Å². The highest BCUT2D eigenvalue weighted by Gasteiger charge is 2.34. The number of thiophene rings is 1. The Hall–Kier alpha value is -2.35. The molecule has 0 amide bonds. The van der Waals surface area contributed by atoms with Gasteiger partial charge in [-0.3, -0.25) is 9.21 Å². The van der Waals surface area contributed by atoms with E-state index in [1.54, 1.807) is 53.1 Å². The second-order valence-corrected chi connectivity index (χ2v) is 10.2. The minimum atomic E-state index is -3.68. The number of nitrogens with zero attached hydrogens (tertiary/aromatic N) is 2. The van der Waals surface area contributed by atoms with E-state index in [0.717, 1.165) is 32.5 Å². The molecule has 30 heavy (non-hydrogen) atoms. The molecule has 4 rings (SSSR count). The number of ether oxygens (including phenoxy) is 1. The van der Waals surface area contributed by atoms with Crippen molar-refractivity contribution in [1.29, 1.82) is 0 Å². The Labute approximate surface area is 182 Å². The summed E-state index contributed by atoms with van der Waals surface area (Å²) in [5, 5.41) is 2.10. The largest absolute Gasteiger partial charge is 0.497 e. The van der Waals surface area contributed by atoms with Crippen molar-refractivity contribution in [2.45, 2.75) is 30.3 Å². The van der Waals surface area contributed by atoms with Crippen LogP contribution in [0.1, 0.15) is 17.7 Å². The summed E-state index contributed by atoms with van der Waals surface area (Å²) in [7, 11) is -2.09. The van der Waals surface area contributed by atoms with Gasteiger partial charge in [0.1, 0.15) is 5.75 Å². The number of benzene rings is 2. The lowest BCUT2D eigenvalue weighted by Gasteiger charge is -2.39. The first-order valence-electron chi connectivity index (χ1n) is 10.1. The van der Waals surface area contributed by atoms with Gasteiger partial charge in [-0.2, -0.15) is 0 Å². The predicted octanol–water partition coefficient (Wildman–Crippen LogP) is 4.62. The van der Waals surface area contributed by atoms with E-state index < -0.39 is 10.0 Å². The van der Waals surface area contributed by atoms with Crippen LogP contribution in [0, 0.1) is 0 Å². The molecule has 0 radical (unpaired) electrons. The summed E-state index contributed by atoms with van der Waals surface area (Å²) >= 11 is 1.76. The van der Waals surface area contributed by atoms with Crippen molar-refractivity contribution < 1.29 is 13.2 Å². The summed E-state index contributed by atoms with van der Waals surface area (Å²) in [4.78, 5) is 4.06. The lowest BCUT2D eigenvalue weighted by atomic mass is 10.0. The van der Waals surface area contributed by atoms with Crippen molar-refractivity contribution >= 4 is 27.0 Å². The van der Waals surface area contributed by atoms with Gasteiger partial charge in [0.15, 0.2) is 0 Å². The first-order chi connectivity index (χ1) is 14.6. The van der Waals surface area contributed by atoms with Gasteiger partial charge in [-0.05, 0) is 48.6 Å². The number of anilines is 1. The van der Waals surface area contributed by atoms with Crippen molar-refractivity contribution in [2.75, 3.05) is 24.5 Å². The van der Waals surface area contributed by atoms with Gasteiger partial charge in [0, 0.05) is 36.6 Å². The van der Waals surface area contributed by atoms with Crippen LogP contribution < -0.4 is 9.04 Å². The van der Waals surface area contributed by atoms with E-state index in [2.05, 4.69) is 22.4 Å². The summed E-state index contributed by atoms with van der Waals surface area (Å²) in [5.41, 5.74) is 0.648. The normalized spacial score (nSPS) is 15.8. The van der Waals surface area contributed by atoms with Crippen LogP contribution in [0.15, 0.2) is 77.0 Å². The Bertz CT molecular complexity index is 1050. The topological polar surface area (TPSA) is 49.9 Å². The maximum absolute atomic E-state index is 13.6. The van der Waals surface area contributed by atoms with Gasteiger partial charge in [0.05, 0.1) is 17.7 Å². The molecule has 2 aromatic carbocycles. The first kappa shape index (κ1) is 20.9. The Balaban J connectivity index is 1.61. The molecule has 3 aromatic rings. The summed E-state index contributed by atoms with van der Waals surface area (Å²) < 4.78 is 34.2. The Morgan fingerprint density at radius 3 is 2.47 bits per heavy atom. The van der Waals surface area contributed by atoms with Crippen LogP contribution in [0.25, 0.3) is 0 Å². The molecule has 1 saturated heterocycles. The van der Waals surface area contributed by atoms with Crippen molar-refractivity contribution in [3.8, 4) is 5.75 Å². The average Bonchev–Trinajstić information content (AvgIpc) is 3.29. The molecular formula is C23H26N2O3S2. The Morgan fingerprint density at radius 1 is 1.03 bits per heavy atom. The van der Waals surface area contributed by atoms with E-state index in [0.29, 0.717) is 16.3 Å². The molecule has 1 aliphatic heterocycles. The highest BCUT2D eigenvalue weighted by Crippen LogP contribution is 2.32. The second-order valence-electron chi connectivity index (χ2n) is 7.40. The zero-order valence-electron chi connectivity index (χ0n) is 17.0. The molecule has 2 heterocycles. The van der Waals surface area contributed by atoms with Crippen LogP contribution in [0.2, 0.25) is 0 Å². The number of hydrogen-bond acceptors (Lipinski definition) is 5. The molecule has 1 aliphatic rings. The minimum absolute atomic E-state index is 0.0955. The predicted molar refractivity (Wildman–Crippen MR) is 122 cm³/mol. The minimum Gasteiger partial charge on any atom is -0.497 e. The van der Waals surface area contributed by atoms with Gasteiger partial charge < -0.3 is 4.74 Å². The first-order valence-corrected chi connectivity index (χ1v) is 12.4. The fraction of sp³-hybridized carbons (Fsp3) is 0.304. The summed E-state index contributed by atoms with van der Waals surface area (Å²) in [6, 6.07) is 20.1. The van der Waals surface area contributed by atoms with Crippen LogP contribution in [0.4, 0.5) is 5.69 Å². The maximum Gasteiger partial charge on any atom is 0.264 e. The smallest absolute Gasteiger partial charge is 0.264 e. The van der Waals surface area contributed by atoms with Crippen molar-refractivity contribution in [3.05, 3.63) is 77.0 Å². The van der Waals surface area contributed by atoms with E-state index in [1.807, 2.05) is 24.3 Å². The van der Waals surface area contributed by atoms with E-state index in [4.69, 9.17) is 4.74 Å². The second kappa shape index (κ2) is 9.20. The number of methoxy groups -OCH3 is 1. The molecular weight excluding hydrogens is 416 g/mol. The maximum atomic E-state index is 13.6. The molecule has 0 unspecified atom stereocenters. The summed E-state index contributed by atoms with van der Waals surface area (Å²) in [6.07, 6.45) is 1.57. The fourth-order valence-corrected chi connectivity index (χ4v) is 6.40. The van der Waals surface area contributed by atoms with Gasteiger partial charge >= 0.3 is 0 Å². The molecule has 0 saturated carbocycles. The van der Waals surface area contributed by atoms with Crippen LogP contribution in [0.5, 0.6) is 5.75 Å². The fourth-order valence-electron chi connectivity index (χ4n) is 3.93. The van der Waals surface area contributed by atoms with Gasteiger partial charge in [-0.1, -0.05) is 30.3 Å². The van der Waals surface area contributed by atoms with Crippen LogP contribution in [0.3, 0.4) is 0 Å². The van der Waals surface area contributed by atoms with Crippen molar-refractivity contribution in [2.24, 2.45) is 0 Å². The highest BCUT2D eigenvalue weighted by atomic mass is 32.2. The quantitative estimate of drug-likeness (QED) is 0.536. The van der Waals surface area contributed by atoms with E-state index in [-0.39, 0.29) is 6.04 Å². The average molecular weight is 443 g/mol. The Morgan fingerprint density at radius 2 is 1.80 bits per heavy atom. The van der Waals surface area contributed by atoms with Crippen molar-refractivity contribution in [3.63, 3.8) is 0 Å². The standard InChI is InChI=1S/C23H26N2O3S2/c1-28-21-8-5-7-20(17-21)25(30(26,27)23-10-3-2-4-11-23)19-12-14-24(15-13-19)18-22-9-6-16-29-22/h2-11,16-17,19H,12-15,18H2,1H3. The zero-order chi connectivity index (χ0) is 21.0. The van der Waals surface area contributed by atoms with E-state index >= 15 is 0 Å². The molecule has 5 nitrogen and oxygen atoms in total. The van der Waals surface area contributed by atoms with Crippen LogP contribution in [-0.2, 0) is 16.6 Å². The third-order valence-electron chi connectivity index (χ3n) is 5.46. The molecule has 0 atom stereocenters. The molecule has 1 fully saturated rings. The monoisotopic (exact) mass is 442 g/mol. The SMILES string of the molecule is COc1cccc(N(C2CCN(Cc3cccs3)CC2)S(=O)(=O)c2ccccc2)c1. The lowest BCUT2D eigenvalue weighted by molar-refractivity contribution is 0.208. The van der Waals surface area contributed by atoms with Gasteiger partial charge in [-0.25, -0.2) is 8.42 Å². The Kier molecular flexibility index (Phi) is 6.41. The third kappa shape index (κ3) is 4.53. The van der Waals surface area contributed by atoms with Crippen molar-refractivity contribution in [1.82, 2.24) is 4.90 Å². The lowest BCUT2D eigenvalue weighted by Crippen LogP contribution is -2.47. The molecule has 0 bridgehead atoms. The highest BCUT2D eigenvalue weighted by molar-refractivity contribution is 7.92. The number of hydrogen-bond donors (Lipinski definition) is 0. The number of piperidine rings is 1. The van der Waals surface area contributed by atoms with E-state index in [9.17, 15) is 8.42 Å². The van der Waals surface area contributed by atoms with Crippen LogP contribution in [-0.4, -0.2) is 39.6 Å².